The topological polar surface area (TPSA) is 12.5 Å². The zero-order valence-corrected chi connectivity index (χ0v) is 11.4. The standard InChI is InChI=1S/C12H15BrClNO/c13-12-8-11(3-2-10(12)9-14)15-4-1-6-16-7-5-15/h2-3,8H,1,4-7,9H2. The predicted octanol–water partition coefficient (Wildman–Crippen LogP) is 3.41. The lowest BCUT2D eigenvalue weighted by Crippen LogP contribution is -2.25. The molecule has 1 aromatic rings. The molecule has 0 unspecified atom stereocenters. The highest BCUT2D eigenvalue weighted by Crippen LogP contribution is 2.25. The van der Waals surface area contributed by atoms with Crippen LogP contribution in [0.1, 0.15) is 12.0 Å². The van der Waals surface area contributed by atoms with Gasteiger partial charge in [-0.3, -0.25) is 0 Å². The second-order valence-corrected chi connectivity index (χ2v) is 4.98. The summed E-state index contributed by atoms with van der Waals surface area (Å²) < 4.78 is 6.53. The quantitative estimate of drug-likeness (QED) is 0.776. The minimum atomic E-state index is 0.546. The van der Waals surface area contributed by atoms with Gasteiger partial charge in [0.2, 0.25) is 0 Å². The second kappa shape index (κ2) is 5.89. The number of ether oxygens (including phenoxy) is 1. The van der Waals surface area contributed by atoms with Crippen molar-refractivity contribution in [1.82, 2.24) is 0 Å². The van der Waals surface area contributed by atoms with Gasteiger partial charge in [-0.05, 0) is 24.1 Å². The molecule has 2 nitrogen and oxygen atoms in total. The number of anilines is 1. The van der Waals surface area contributed by atoms with Gasteiger partial charge in [0.1, 0.15) is 0 Å². The second-order valence-electron chi connectivity index (χ2n) is 3.86. The number of rotatable bonds is 2. The van der Waals surface area contributed by atoms with Gasteiger partial charge in [0.05, 0.1) is 6.61 Å². The van der Waals surface area contributed by atoms with Crippen LogP contribution in [0.3, 0.4) is 0 Å². The molecule has 0 aliphatic carbocycles. The first-order chi connectivity index (χ1) is 7.81. The molecule has 1 aliphatic rings. The van der Waals surface area contributed by atoms with E-state index in [0.29, 0.717) is 5.88 Å². The lowest BCUT2D eigenvalue weighted by molar-refractivity contribution is 0.152. The van der Waals surface area contributed by atoms with Gasteiger partial charge in [0.25, 0.3) is 0 Å². The lowest BCUT2D eigenvalue weighted by atomic mass is 10.2. The summed E-state index contributed by atoms with van der Waals surface area (Å²) in [5.41, 5.74) is 2.38. The average Bonchev–Trinajstić information content (AvgIpc) is 2.57. The molecule has 0 radical (unpaired) electrons. The molecule has 1 aromatic carbocycles. The molecule has 16 heavy (non-hydrogen) atoms. The SMILES string of the molecule is ClCc1ccc(N2CCCOCC2)cc1Br. The maximum absolute atomic E-state index is 5.83. The van der Waals surface area contributed by atoms with E-state index in [9.17, 15) is 0 Å². The Balaban J connectivity index is 2.16. The van der Waals surface area contributed by atoms with Crippen LogP contribution >= 0.6 is 27.5 Å². The number of hydrogen-bond donors (Lipinski definition) is 0. The van der Waals surface area contributed by atoms with E-state index in [1.807, 2.05) is 0 Å². The van der Waals surface area contributed by atoms with E-state index in [1.54, 1.807) is 0 Å². The van der Waals surface area contributed by atoms with Gasteiger partial charge < -0.3 is 9.64 Å². The summed E-state index contributed by atoms with van der Waals surface area (Å²) in [5.74, 6) is 0.546. The van der Waals surface area contributed by atoms with E-state index in [-0.39, 0.29) is 0 Å². The van der Waals surface area contributed by atoms with Crippen molar-refractivity contribution in [2.45, 2.75) is 12.3 Å². The van der Waals surface area contributed by atoms with Crippen molar-refractivity contribution in [3.05, 3.63) is 28.2 Å². The van der Waals surface area contributed by atoms with E-state index in [0.717, 1.165) is 42.8 Å². The van der Waals surface area contributed by atoms with Crippen molar-refractivity contribution in [3.63, 3.8) is 0 Å². The molecule has 0 N–H and O–H groups in total. The van der Waals surface area contributed by atoms with Crippen LogP contribution < -0.4 is 4.90 Å². The fourth-order valence-electron chi connectivity index (χ4n) is 1.85. The molecule has 0 amide bonds. The van der Waals surface area contributed by atoms with Gasteiger partial charge in [-0.2, -0.15) is 0 Å². The molecule has 0 saturated carbocycles. The Kier molecular flexibility index (Phi) is 4.50. The minimum absolute atomic E-state index is 0.546. The summed E-state index contributed by atoms with van der Waals surface area (Å²) in [7, 11) is 0. The fraction of sp³-hybridized carbons (Fsp3) is 0.500. The first-order valence-electron chi connectivity index (χ1n) is 5.48. The first-order valence-corrected chi connectivity index (χ1v) is 6.81. The summed E-state index contributed by atoms with van der Waals surface area (Å²) >= 11 is 9.38. The molecule has 0 spiro atoms. The molecule has 88 valence electrons. The maximum Gasteiger partial charge on any atom is 0.0641 e. The molecular weight excluding hydrogens is 289 g/mol. The fourth-order valence-corrected chi connectivity index (χ4v) is 2.75. The Labute approximate surface area is 110 Å². The molecule has 0 atom stereocenters. The Hall–Kier alpha value is -0.250. The normalized spacial score (nSPS) is 17.2. The van der Waals surface area contributed by atoms with Crippen LogP contribution in [-0.2, 0) is 10.6 Å². The largest absolute Gasteiger partial charge is 0.380 e. The Morgan fingerprint density at radius 2 is 2.19 bits per heavy atom. The van der Waals surface area contributed by atoms with Gasteiger partial charge in [0.15, 0.2) is 0 Å². The van der Waals surface area contributed by atoms with Crippen LogP contribution in [-0.4, -0.2) is 26.3 Å². The number of alkyl halides is 1. The Morgan fingerprint density at radius 3 is 2.94 bits per heavy atom. The third kappa shape index (κ3) is 2.90. The predicted molar refractivity (Wildman–Crippen MR) is 71.3 cm³/mol. The monoisotopic (exact) mass is 303 g/mol. The highest BCUT2D eigenvalue weighted by atomic mass is 79.9. The lowest BCUT2D eigenvalue weighted by Gasteiger charge is -2.22. The summed E-state index contributed by atoms with van der Waals surface area (Å²) in [6.45, 7) is 3.71. The third-order valence-corrected chi connectivity index (χ3v) is 3.79. The molecule has 1 heterocycles. The smallest absolute Gasteiger partial charge is 0.0641 e. The van der Waals surface area contributed by atoms with Crippen molar-refractivity contribution in [2.24, 2.45) is 0 Å². The zero-order valence-electron chi connectivity index (χ0n) is 9.09. The van der Waals surface area contributed by atoms with Gasteiger partial charge in [-0.1, -0.05) is 22.0 Å². The zero-order chi connectivity index (χ0) is 11.4. The Bertz CT molecular complexity index is 351. The van der Waals surface area contributed by atoms with Crippen molar-refractivity contribution < 1.29 is 4.74 Å². The average molecular weight is 305 g/mol. The van der Waals surface area contributed by atoms with Crippen molar-refractivity contribution >= 4 is 33.2 Å². The van der Waals surface area contributed by atoms with Gasteiger partial charge >= 0.3 is 0 Å². The molecule has 2 rings (SSSR count). The van der Waals surface area contributed by atoms with Crippen molar-refractivity contribution in [3.8, 4) is 0 Å². The van der Waals surface area contributed by atoms with Crippen LogP contribution in [0.4, 0.5) is 5.69 Å². The van der Waals surface area contributed by atoms with Gasteiger partial charge in [-0.25, -0.2) is 0 Å². The van der Waals surface area contributed by atoms with Gasteiger partial charge in [-0.15, -0.1) is 11.6 Å². The molecule has 4 heteroatoms. The van der Waals surface area contributed by atoms with Crippen LogP contribution in [0, 0.1) is 0 Å². The summed E-state index contributed by atoms with van der Waals surface area (Å²) in [5, 5.41) is 0. The molecule has 0 bridgehead atoms. The van der Waals surface area contributed by atoms with Crippen molar-refractivity contribution in [1.29, 1.82) is 0 Å². The van der Waals surface area contributed by atoms with E-state index >= 15 is 0 Å². The molecular formula is C12H15BrClNO. The van der Waals surface area contributed by atoms with E-state index in [2.05, 4.69) is 39.0 Å². The number of halogens is 2. The van der Waals surface area contributed by atoms with E-state index in [1.165, 1.54) is 5.69 Å². The molecule has 0 aromatic heterocycles. The summed E-state index contributed by atoms with van der Waals surface area (Å²) in [6, 6.07) is 6.36. The van der Waals surface area contributed by atoms with Crippen LogP contribution in [0.5, 0.6) is 0 Å². The van der Waals surface area contributed by atoms with Gasteiger partial charge in [0, 0.05) is 35.7 Å². The molecule has 1 fully saturated rings. The Morgan fingerprint density at radius 1 is 1.31 bits per heavy atom. The highest BCUT2D eigenvalue weighted by Gasteiger charge is 2.11. The van der Waals surface area contributed by atoms with E-state index < -0.39 is 0 Å². The maximum atomic E-state index is 5.83. The first kappa shape index (κ1) is 12.2. The number of hydrogen-bond acceptors (Lipinski definition) is 2. The van der Waals surface area contributed by atoms with Crippen molar-refractivity contribution in [2.75, 3.05) is 31.2 Å². The molecule has 1 aliphatic heterocycles. The number of benzene rings is 1. The summed E-state index contributed by atoms with van der Waals surface area (Å²) in [6.07, 6.45) is 1.09. The van der Waals surface area contributed by atoms with Crippen LogP contribution in [0.2, 0.25) is 0 Å². The van der Waals surface area contributed by atoms with Crippen LogP contribution in [0.15, 0.2) is 22.7 Å². The summed E-state index contributed by atoms with van der Waals surface area (Å²) in [4.78, 5) is 2.36. The highest BCUT2D eigenvalue weighted by molar-refractivity contribution is 9.10. The van der Waals surface area contributed by atoms with Crippen LogP contribution in [0.25, 0.3) is 0 Å². The minimum Gasteiger partial charge on any atom is -0.380 e. The van der Waals surface area contributed by atoms with E-state index in [4.69, 9.17) is 16.3 Å². The third-order valence-electron chi connectivity index (χ3n) is 2.77. The molecule has 1 saturated heterocycles. The number of nitrogens with zero attached hydrogens (tertiary/aromatic N) is 1.